The van der Waals surface area contributed by atoms with Crippen LogP contribution in [0, 0.1) is 0 Å². The topological polar surface area (TPSA) is 79.5 Å². The van der Waals surface area contributed by atoms with E-state index in [4.69, 9.17) is 0 Å². The molecular weight excluding hydrogens is 359 g/mol. The van der Waals surface area contributed by atoms with E-state index in [0.717, 1.165) is 28.0 Å². The number of aromatic carboxylic acids is 1. The largest absolute Gasteiger partial charge is 0.502 e. The van der Waals surface area contributed by atoms with Crippen LogP contribution < -0.4 is 5.56 Å². The molecule has 0 aliphatic rings. The maximum atomic E-state index is 12.8. The van der Waals surface area contributed by atoms with Crippen molar-refractivity contribution in [3.63, 3.8) is 0 Å². The minimum atomic E-state index is -4.52. The highest BCUT2D eigenvalue weighted by Crippen LogP contribution is 2.31. The number of benzene rings is 1. The molecule has 3 aromatic rings. The maximum Gasteiger partial charge on any atom is 0.416 e. The zero-order valence-corrected chi connectivity index (χ0v) is 13.2. The van der Waals surface area contributed by atoms with Crippen LogP contribution in [-0.4, -0.2) is 20.7 Å². The molecular formula is C16H10F3NO4S. The van der Waals surface area contributed by atoms with Crippen molar-refractivity contribution >= 4 is 27.5 Å². The van der Waals surface area contributed by atoms with Gasteiger partial charge in [0.25, 0.3) is 5.56 Å². The number of carboxylic acid groups (broad SMARTS) is 1. The van der Waals surface area contributed by atoms with Gasteiger partial charge >= 0.3 is 12.1 Å². The van der Waals surface area contributed by atoms with Gasteiger partial charge in [-0.25, -0.2) is 4.79 Å². The lowest BCUT2D eigenvalue weighted by molar-refractivity contribution is -0.137. The summed E-state index contributed by atoms with van der Waals surface area (Å²) in [5.41, 5.74) is -1.89. The van der Waals surface area contributed by atoms with E-state index >= 15 is 0 Å². The second kappa shape index (κ2) is 5.92. The standard InChI is InChI=1S/C16H10F3NO4S/c17-16(18,19)9-3-1-2-8(6-9)7-20-10-4-5-25-13(10)11(15(23)24)12(21)14(20)22/h1-6,21H,7H2,(H,23,24). The van der Waals surface area contributed by atoms with Crippen LogP contribution >= 0.6 is 11.3 Å². The molecule has 0 amide bonds. The summed E-state index contributed by atoms with van der Waals surface area (Å²) in [7, 11) is 0. The molecule has 0 aliphatic heterocycles. The average molecular weight is 369 g/mol. The van der Waals surface area contributed by atoms with Crippen LogP contribution in [0.2, 0.25) is 0 Å². The molecule has 0 saturated heterocycles. The number of fused-ring (bicyclic) bond motifs is 1. The molecule has 0 spiro atoms. The first kappa shape index (κ1) is 17.0. The predicted octanol–water partition coefficient (Wildman–Crippen LogP) is 3.53. The molecule has 0 radical (unpaired) electrons. The van der Waals surface area contributed by atoms with Crippen molar-refractivity contribution < 1.29 is 28.2 Å². The van der Waals surface area contributed by atoms with E-state index in [0.29, 0.717) is 0 Å². The van der Waals surface area contributed by atoms with E-state index in [-0.39, 0.29) is 22.3 Å². The lowest BCUT2D eigenvalue weighted by Crippen LogP contribution is -2.23. The Hall–Kier alpha value is -2.81. The Kier molecular flexibility index (Phi) is 4.03. The highest BCUT2D eigenvalue weighted by molar-refractivity contribution is 7.17. The lowest BCUT2D eigenvalue weighted by atomic mass is 10.1. The van der Waals surface area contributed by atoms with Crippen molar-refractivity contribution in [3.05, 3.63) is 62.8 Å². The molecule has 2 heterocycles. The average Bonchev–Trinajstić information content (AvgIpc) is 3.00. The fourth-order valence-corrected chi connectivity index (χ4v) is 3.47. The van der Waals surface area contributed by atoms with Gasteiger partial charge in [0.05, 0.1) is 22.3 Å². The third kappa shape index (κ3) is 2.98. The highest BCUT2D eigenvalue weighted by atomic mass is 32.1. The minimum Gasteiger partial charge on any atom is -0.502 e. The monoisotopic (exact) mass is 369 g/mol. The van der Waals surface area contributed by atoms with Crippen molar-refractivity contribution in [3.8, 4) is 5.75 Å². The number of aromatic nitrogens is 1. The van der Waals surface area contributed by atoms with Gasteiger partial charge in [0, 0.05) is 0 Å². The summed E-state index contributed by atoms with van der Waals surface area (Å²) in [6.07, 6.45) is -4.52. The van der Waals surface area contributed by atoms with Crippen LogP contribution in [0.25, 0.3) is 10.2 Å². The SMILES string of the molecule is O=C(O)c1c(O)c(=O)n(Cc2cccc(C(F)(F)F)c2)c2ccsc12. The molecule has 0 atom stereocenters. The number of hydrogen-bond donors (Lipinski definition) is 2. The van der Waals surface area contributed by atoms with Gasteiger partial charge in [-0.3, -0.25) is 9.36 Å². The lowest BCUT2D eigenvalue weighted by Gasteiger charge is -2.13. The summed E-state index contributed by atoms with van der Waals surface area (Å²) in [6.45, 7) is -0.233. The van der Waals surface area contributed by atoms with Crippen molar-refractivity contribution in [2.24, 2.45) is 0 Å². The summed E-state index contributed by atoms with van der Waals surface area (Å²) in [6, 6.07) is 5.95. The number of carbonyl (C=O) groups is 1. The van der Waals surface area contributed by atoms with E-state index < -0.39 is 34.6 Å². The third-order valence-corrected chi connectivity index (χ3v) is 4.58. The number of rotatable bonds is 3. The molecule has 9 heteroatoms. The summed E-state index contributed by atoms with van der Waals surface area (Å²) in [4.78, 5) is 23.6. The molecule has 25 heavy (non-hydrogen) atoms. The Morgan fingerprint density at radius 1 is 1.24 bits per heavy atom. The summed E-state index contributed by atoms with van der Waals surface area (Å²) >= 11 is 1.02. The van der Waals surface area contributed by atoms with Crippen molar-refractivity contribution in [2.45, 2.75) is 12.7 Å². The van der Waals surface area contributed by atoms with E-state index in [1.807, 2.05) is 0 Å². The number of pyridine rings is 1. The molecule has 0 saturated carbocycles. The van der Waals surface area contributed by atoms with Gasteiger partial charge in [0.2, 0.25) is 0 Å². The predicted molar refractivity (Wildman–Crippen MR) is 85.3 cm³/mol. The van der Waals surface area contributed by atoms with E-state index in [1.54, 1.807) is 5.38 Å². The quantitative estimate of drug-likeness (QED) is 0.740. The fraction of sp³-hybridized carbons (Fsp3) is 0.125. The fourth-order valence-electron chi connectivity index (χ4n) is 2.54. The van der Waals surface area contributed by atoms with Gasteiger partial charge < -0.3 is 10.2 Å². The molecule has 0 unspecified atom stereocenters. The van der Waals surface area contributed by atoms with Crippen LogP contribution in [0.15, 0.2) is 40.5 Å². The molecule has 0 aliphatic carbocycles. The number of thiophene rings is 1. The number of nitrogens with zero attached hydrogens (tertiary/aromatic N) is 1. The van der Waals surface area contributed by atoms with Crippen LogP contribution in [-0.2, 0) is 12.7 Å². The zero-order valence-electron chi connectivity index (χ0n) is 12.4. The smallest absolute Gasteiger partial charge is 0.416 e. The Balaban J connectivity index is 2.17. The van der Waals surface area contributed by atoms with Crippen LogP contribution in [0.3, 0.4) is 0 Å². The number of carboxylic acids is 1. The Morgan fingerprint density at radius 3 is 2.60 bits per heavy atom. The van der Waals surface area contributed by atoms with E-state index in [1.165, 1.54) is 18.2 Å². The van der Waals surface area contributed by atoms with Gasteiger partial charge in [-0.15, -0.1) is 11.3 Å². The first-order chi connectivity index (χ1) is 11.7. The molecule has 2 aromatic heterocycles. The molecule has 3 rings (SSSR count). The van der Waals surface area contributed by atoms with Crippen molar-refractivity contribution in [2.75, 3.05) is 0 Å². The van der Waals surface area contributed by atoms with Crippen LogP contribution in [0.1, 0.15) is 21.5 Å². The molecule has 130 valence electrons. The highest BCUT2D eigenvalue weighted by Gasteiger charge is 2.30. The van der Waals surface area contributed by atoms with Gasteiger partial charge in [-0.1, -0.05) is 12.1 Å². The Bertz CT molecular complexity index is 1040. The second-order valence-electron chi connectivity index (χ2n) is 5.25. The molecule has 1 aromatic carbocycles. The number of halogens is 3. The van der Waals surface area contributed by atoms with Gasteiger partial charge in [-0.05, 0) is 29.1 Å². The molecule has 0 fully saturated rings. The normalized spacial score (nSPS) is 11.8. The summed E-state index contributed by atoms with van der Waals surface area (Å²) in [5, 5.41) is 20.7. The number of aromatic hydroxyl groups is 1. The van der Waals surface area contributed by atoms with E-state index in [9.17, 15) is 33.0 Å². The van der Waals surface area contributed by atoms with Gasteiger partial charge in [0.15, 0.2) is 5.75 Å². The zero-order chi connectivity index (χ0) is 18.4. The first-order valence-corrected chi connectivity index (χ1v) is 7.80. The second-order valence-corrected chi connectivity index (χ2v) is 6.17. The van der Waals surface area contributed by atoms with Gasteiger partial charge in [-0.2, -0.15) is 13.2 Å². The maximum absolute atomic E-state index is 12.8. The summed E-state index contributed by atoms with van der Waals surface area (Å²) in [5.74, 6) is -2.39. The van der Waals surface area contributed by atoms with Crippen LogP contribution in [0.4, 0.5) is 13.2 Å². The minimum absolute atomic E-state index is 0.177. The number of hydrogen-bond acceptors (Lipinski definition) is 4. The molecule has 5 nitrogen and oxygen atoms in total. The Labute approximate surface area is 142 Å². The van der Waals surface area contributed by atoms with E-state index in [2.05, 4.69) is 0 Å². The summed E-state index contributed by atoms with van der Waals surface area (Å²) < 4.78 is 39.7. The first-order valence-electron chi connectivity index (χ1n) is 6.92. The van der Waals surface area contributed by atoms with Gasteiger partial charge in [0.1, 0.15) is 5.56 Å². The molecule has 0 bridgehead atoms. The Morgan fingerprint density at radius 2 is 1.96 bits per heavy atom. The molecule has 2 N–H and O–H groups in total. The van der Waals surface area contributed by atoms with Crippen molar-refractivity contribution in [1.82, 2.24) is 4.57 Å². The van der Waals surface area contributed by atoms with Crippen LogP contribution in [0.5, 0.6) is 5.75 Å². The third-order valence-electron chi connectivity index (χ3n) is 3.66. The number of alkyl halides is 3. The van der Waals surface area contributed by atoms with Crippen molar-refractivity contribution in [1.29, 1.82) is 0 Å².